The number of hydrogen-bond acceptors (Lipinski definition) is 2. The van der Waals surface area contributed by atoms with Crippen molar-refractivity contribution >= 4 is 17.5 Å². The number of hydrogen-bond donors (Lipinski definition) is 2. The monoisotopic (exact) mass is 201 g/mol. The average Bonchev–Trinajstić information content (AvgIpc) is 1.98. The first-order valence-corrected chi connectivity index (χ1v) is 3.75. The van der Waals surface area contributed by atoms with E-state index in [1.807, 2.05) is 5.32 Å². The summed E-state index contributed by atoms with van der Waals surface area (Å²) >= 11 is 4.75. The van der Waals surface area contributed by atoms with Crippen LogP contribution in [0.25, 0.3) is 0 Å². The largest absolute Gasteiger partial charge is 0.391 e. The fraction of sp³-hybridized carbons (Fsp3) is 0.833. The normalized spacial score (nSPS) is 18.1. The van der Waals surface area contributed by atoms with Crippen molar-refractivity contribution in [3.8, 4) is 0 Å². The Kier molecular flexibility index (Phi) is 5.08. The Morgan fingerprint density at radius 1 is 1.75 bits per heavy atom. The lowest BCUT2D eigenvalue weighted by Gasteiger charge is -2.17. The highest BCUT2D eigenvalue weighted by Crippen LogP contribution is 2.00. The molecule has 0 saturated carbocycles. The third-order valence-electron chi connectivity index (χ3n) is 1.27. The lowest BCUT2D eigenvalue weighted by molar-refractivity contribution is -0.125. The molecule has 12 heavy (non-hydrogen) atoms. The van der Waals surface area contributed by atoms with Crippen molar-refractivity contribution in [3.05, 3.63) is 0 Å². The molecule has 72 valence electrons. The lowest BCUT2D eigenvalue weighted by Crippen LogP contribution is -2.45. The Morgan fingerprint density at radius 3 is 2.50 bits per heavy atom. The van der Waals surface area contributed by atoms with E-state index in [4.69, 9.17) is 16.7 Å². The van der Waals surface area contributed by atoms with E-state index < -0.39 is 30.4 Å². The highest BCUT2D eigenvalue weighted by molar-refractivity contribution is 6.29. The van der Waals surface area contributed by atoms with Crippen LogP contribution in [0.15, 0.2) is 0 Å². The number of aliphatic hydroxyl groups excluding tert-OH is 1. The maximum atomic E-state index is 12.0. The second-order valence-corrected chi connectivity index (χ2v) is 2.69. The fourth-order valence-corrected chi connectivity index (χ4v) is 0.597. The number of carbonyl (C=O) groups is 1. The van der Waals surface area contributed by atoms with Gasteiger partial charge in [-0.2, -0.15) is 0 Å². The van der Waals surface area contributed by atoms with Gasteiger partial charge in [0.1, 0.15) is 6.67 Å². The molecule has 3 unspecified atom stereocenters. The van der Waals surface area contributed by atoms with Crippen LogP contribution < -0.4 is 5.32 Å². The van der Waals surface area contributed by atoms with Gasteiger partial charge in [-0.3, -0.25) is 4.79 Å². The molecule has 6 heteroatoms. The van der Waals surface area contributed by atoms with Crippen LogP contribution >= 0.6 is 11.6 Å². The predicted molar refractivity (Wildman–Crippen MR) is 40.3 cm³/mol. The molecule has 0 aliphatic heterocycles. The molecule has 0 aromatic carbocycles. The molecule has 3 atom stereocenters. The second-order valence-electron chi connectivity index (χ2n) is 2.31. The van der Waals surface area contributed by atoms with Gasteiger partial charge >= 0.3 is 0 Å². The molecular weight excluding hydrogens is 192 g/mol. The lowest BCUT2D eigenvalue weighted by atomic mass is 10.2. The molecular formula is C6H10ClF2NO2. The van der Waals surface area contributed by atoms with Gasteiger partial charge in [0.05, 0.1) is 12.1 Å². The molecule has 0 aromatic heterocycles. The summed E-state index contributed by atoms with van der Waals surface area (Å²) in [7, 11) is 0. The van der Waals surface area contributed by atoms with Crippen molar-refractivity contribution in [1.29, 1.82) is 0 Å². The summed E-state index contributed by atoms with van der Waals surface area (Å²) in [6.07, 6.45) is -1.07. The number of aliphatic hydroxyl groups is 1. The number of amides is 1. The van der Waals surface area contributed by atoms with Crippen molar-refractivity contribution in [2.75, 3.05) is 6.67 Å². The van der Waals surface area contributed by atoms with Crippen molar-refractivity contribution in [2.45, 2.75) is 24.7 Å². The summed E-state index contributed by atoms with van der Waals surface area (Å²) in [6.45, 7) is 0.318. The van der Waals surface area contributed by atoms with E-state index in [0.717, 1.165) is 0 Å². The van der Waals surface area contributed by atoms with Gasteiger partial charge in [-0.05, 0) is 6.92 Å². The molecule has 0 rings (SSSR count). The maximum absolute atomic E-state index is 12.0. The summed E-state index contributed by atoms with van der Waals surface area (Å²) < 4.78 is 24.0. The average molecular weight is 202 g/mol. The van der Waals surface area contributed by atoms with Crippen LogP contribution in [-0.4, -0.2) is 35.5 Å². The highest BCUT2D eigenvalue weighted by atomic mass is 35.5. The first-order chi connectivity index (χ1) is 5.49. The molecule has 0 fully saturated rings. The summed E-state index contributed by atoms with van der Waals surface area (Å²) in [5.74, 6) is -1.14. The minimum absolute atomic E-state index is 0.965. The molecule has 0 aromatic rings. The number of nitrogens with one attached hydrogen (secondary N) is 1. The zero-order valence-corrected chi connectivity index (χ0v) is 7.18. The van der Waals surface area contributed by atoms with Crippen LogP contribution in [0.5, 0.6) is 0 Å². The molecule has 0 heterocycles. The standard InChI is InChI=1S/C6H10ClF2NO2/c1-3(11)4(2-8)10-6(12)5(7)9/h3-5,11H,2H2,1H3,(H,10,12). The first-order valence-electron chi connectivity index (χ1n) is 3.31. The van der Waals surface area contributed by atoms with Crippen LogP contribution in [0, 0.1) is 0 Å². The Labute approximate surface area is 73.7 Å². The predicted octanol–water partition coefficient (Wildman–Crippen LogP) is 0.356. The minimum atomic E-state index is -2.21. The Morgan fingerprint density at radius 2 is 2.25 bits per heavy atom. The van der Waals surface area contributed by atoms with E-state index in [1.165, 1.54) is 6.92 Å². The molecule has 0 aliphatic rings. The van der Waals surface area contributed by atoms with E-state index in [9.17, 15) is 13.6 Å². The summed E-state index contributed by atoms with van der Waals surface area (Å²) in [6, 6.07) is -1.10. The highest BCUT2D eigenvalue weighted by Gasteiger charge is 2.21. The van der Waals surface area contributed by atoms with Crippen LogP contribution in [0.2, 0.25) is 0 Å². The fourth-order valence-electron chi connectivity index (χ4n) is 0.534. The summed E-state index contributed by atoms with van der Waals surface area (Å²) in [5, 5.41) is 10.7. The van der Waals surface area contributed by atoms with E-state index in [1.54, 1.807) is 0 Å². The summed E-state index contributed by atoms with van der Waals surface area (Å²) in [4.78, 5) is 10.5. The van der Waals surface area contributed by atoms with Gasteiger partial charge in [-0.25, -0.2) is 8.78 Å². The number of halogens is 3. The van der Waals surface area contributed by atoms with Crippen molar-refractivity contribution in [2.24, 2.45) is 0 Å². The molecule has 1 amide bonds. The quantitative estimate of drug-likeness (QED) is 0.646. The zero-order valence-electron chi connectivity index (χ0n) is 6.43. The molecule has 3 nitrogen and oxygen atoms in total. The van der Waals surface area contributed by atoms with Crippen LogP contribution in [0.1, 0.15) is 6.92 Å². The molecule has 0 saturated heterocycles. The van der Waals surface area contributed by atoms with Gasteiger partial charge in [0.15, 0.2) is 0 Å². The zero-order chi connectivity index (χ0) is 9.72. The van der Waals surface area contributed by atoms with Gasteiger partial charge in [0, 0.05) is 0 Å². The van der Waals surface area contributed by atoms with Crippen LogP contribution in [0.4, 0.5) is 8.78 Å². The molecule has 0 aliphatic carbocycles. The third kappa shape index (κ3) is 3.82. The van der Waals surface area contributed by atoms with Crippen LogP contribution in [-0.2, 0) is 4.79 Å². The molecule has 0 bridgehead atoms. The van der Waals surface area contributed by atoms with E-state index in [2.05, 4.69) is 0 Å². The van der Waals surface area contributed by atoms with Gasteiger partial charge in [0.25, 0.3) is 11.5 Å². The van der Waals surface area contributed by atoms with Crippen molar-refractivity contribution in [3.63, 3.8) is 0 Å². The van der Waals surface area contributed by atoms with Crippen molar-refractivity contribution < 1.29 is 18.7 Å². The topological polar surface area (TPSA) is 49.3 Å². The summed E-state index contributed by atoms with van der Waals surface area (Å²) in [5.41, 5.74) is -2.21. The Bertz CT molecular complexity index is 154. The number of rotatable bonds is 4. The van der Waals surface area contributed by atoms with E-state index >= 15 is 0 Å². The maximum Gasteiger partial charge on any atom is 0.270 e. The smallest absolute Gasteiger partial charge is 0.270 e. The minimum Gasteiger partial charge on any atom is -0.391 e. The van der Waals surface area contributed by atoms with Crippen molar-refractivity contribution in [1.82, 2.24) is 5.32 Å². The Balaban J connectivity index is 3.94. The SMILES string of the molecule is CC(O)C(CF)NC(=O)C(F)Cl. The van der Waals surface area contributed by atoms with Gasteiger partial charge < -0.3 is 10.4 Å². The number of carbonyl (C=O) groups excluding carboxylic acids is 1. The first kappa shape index (κ1) is 11.6. The number of alkyl halides is 3. The third-order valence-corrected chi connectivity index (χ3v) is 1.47. The Hall–Kier alpha value is -0.420. The van der Waals surface area contributed by atoms with Gasteiger partial charge in [-0.1, -0.05) is 11.6 Å². The second kappa shape index (κ2) is 5.27. The molecule has 0 spiro atoms. The van der Waals surface area contributed by atoms with Gasteiger partial charge in [-0.15, -0.1) is 0 Å². The van der Waals surface area contributed by atoms with E-state index in [0.29, 0.717) is 0 Å². The van der Waals surface area contributed by atoms with Gasteiger partial charge in [0.2, 0.25) is 0 Å². The van der Waals surface area contributed by atoms with E-state index in [-0.39, 0.29) is 0 Å². The molecule has 0 radical (unpaired) electrons. The van der Waals surface area contributed by atoms with Crippen LogP contribution in [0.3, 0.4) is 0 Å². The molecule has 2 N–H and O–H groups in total.